The second-order valence-electron chi connectivity index (χ2n) is 10.8. The summed E-state index contributed by atoms with van der Waals surface area (Å²) in [5.41, 5.74) is 1.59. The van der Waals surface area contributed by atoms with E-state index in [0.717, 1.165) is 5.56 Å². The van der Waals surface area contributed by atoms with Crippen LogP contribution in [0.1, 0.15) is 44.2 Å². The molecule has 2 heterocycles. The van der Waals surface area contributed by atoms with Crippen LogP contribution in [0, 0.1) is 11.8 Å². The monoisotopic (exact) mass is 579 g/mol. The van der Waals surface area contributed by atoms with Crippen LogP contribution in [0.15, 0.2) is 48.5 Å². The number of fused-ring (bicyclic) bond motifs is 1. The largest absolute Gasteiger partial charge is 0.454 e. The highest BCUT2D eigenvalue weighted by atomic mass is 16.7. The van der Waals surface area contributed by atoms with Crippen LogP contribution in [0.3, 0.4) is 0 Å². The van der Waals surface area contributed by atoms with Gasteiger partial charge in [0.15, 0.2) is 11.5 Å². The zero-order chi connectivity index (χ0) is 30.1. The van der Waals surface area contributed by atoms with Crippen molar-refractivity contribution in [3.8, 4) is 11.5 Å². The van der Waals surface area contributed by atoms with E-state index in [9.17, 15) is 24.0 Å². The van der Waals surface area contributed by atoms with Crippen molar-refractivity contribution in [1.82, 2.24) is 26.6 Å². The zero-order valence-electron chi connectivity index (χ0n) is 23.7. The van der Waals surface area contributed by atoms with E-state index in [1.54, 1.807) is 18.2 Å². The lowest BCUT2D eigenvalue weighted by Gasteiger charge is -2.25. The summed E-state index contributed by atoms with van der Waals surface area (Å²) in [6.07, 6.45) is 0.737. The average molecular weight is 580 g/mol. The van der Waals surface area contributed by atoms with Gasteiger partial charge in [-0.25, -0.2) is 4.79 Å². The number of nitrogens with one attached hydrogen (secondary N) is 5. The molecular weight excluding hydrogens is 542 g/mol. The maximum absolute atomic E-state index is 13.4. The SMILES string of the molecule is CC(C)C[C@H](NC(=O)NCc1ccccc1)C(=O)N[C@@H](C[C@@H]1CCNC1=O)C(=O)C(=O)NCc1ccc2c(c1)OCO2. The lowest BCUT2D eigenvalue weighted by molar-refractivity contribution is -0.141. The summed E-state index contributed by atoms with van der Waals surface area (Å²) in [7, 11) is 0. The molecule has 42 heavy (non-hydrogen) atoms. The standard InChI is InChI=1S/C30H37N5O7/c1-18(2)12-23(35-30(40)33-15-19-6-4-3-5-7-19)28(38)34-22(14-21-10-11-31-27(21)37)26(36)29(39)32-16-20-8-9-24-25(13-20)42-17-41-24/h3-9,13,18,21-23H,10-12,14-17H2,1-2H3,(H,31,37)(H,32,39)(H,34,38)(H2,33,35,40)/t21-,22-,23-/m0/s1. The summed E-state index contributed by atoms with van der Waals surface area (Å²) < 4.78 is 10.6. The van der Waals surface area contributed by atoms with Crippen LogP contribution < -0.4 is 36.1 Å². The van der Waals surface area contributed by atoms with Gasteiger partial charge >= 0.3 is 6.03 Å². The minimum absolute atomic E-state index is 0.0370. The fraction of sp³-hybridized carbons (Fsp3) is 0.433. The number of rotatable bonds is 13. The van der Waals surface area contributed by atoms with Gasteiger partial charge in [0.05, 0.1) is 6.04 Å². The van der Waals surface area contributed by atoms with Crippen molar-refractivity contribution in [2.75, 3.05) is 13.3 Å². The molecule has 2 aromatic rings. The molecule has 0 aromatic heterocycles. The van der Waals surface area contributed by atoms with Gasteiger partial charge in [-0.2, -0.15) is 0 Å². The van der Waals surface area contributed by atoms with Crippen molar-refractivity contribution >= 4 is 29.5 Å². The molecular formula is C30H37N5O7. The first-order valence-electron chi connectivity index (χ1n) is 14.1. The van der Waals surface area contributed by atoms with Crippen LogP contribution in [-0.4, -0.2) is 55.0 Å². The van der Waals surface area contributed by atoms with Gasteiger partial charge in [-0.05, 0) is 48.4 Å². The van der Waals surface area contributed by atoms with Crippen molar-refractivity contribution in [3.05, 3.63) is 59.7 Å². The van der Waals surface area contributed by atoms with Crippen molar-refractivity contribution < 1.29 is 33.4 Å². The molecule has 3 atom stereocenters. The molecule has 0 unspecified atom stereocenters. The lowest BCUT2D eigenvalue weighted by Crippen LogP contribution is -2.55. The molecule has 0 bridgehead atoms. The quantitative estimate of drug-likeness (QED) is 0.225. The number of ether oxygens (including phenoxy) is 2. The smallest absolute Gasteiger partial charge is 0.315 e. The van der Waals surface area contributed by atoms with Gasteiger partial charge in [0.2, 0.25) is 24.4 Å². The van der Waals surface area contributed by atoms with Crippen molar-refractivity contribution in [2.45, 2.75) is 58.3 Å². The lowest BCUT2D eigenvalue weighted by atomic mass is 9.94. The maximum atomic E-state index is 13.4. The van der Waals surface area contributed by atoms with E-state index in [1.807, 2.05) is 44.2 Å². The Morgan fingerprint density at radius 1 is 0.905 bits per heavy atom. The third kappa shape index (κ3) is 8.45. The number of amides is 5. The topological polar surface area (TPSA) is 164 Å². The molecule has 0 spiro atoms. The Labute approximate surface area is 244 Å². The second-order valence-corrected chi connectivity index (χ2v) is 10.8. The summed E-state index contributed by atoms with van der Waals surface area (Å²) in [5.74, 6) is -1.98. The Balaban J connectivity index is 1.40. The summed E-state index contributed by atoms with van der Waals surface area (Å²) in [4.78, 5) is 64.6. The molecule has 5 amide bonds. The van der Waals surface area contributed by atoms with E-state index >= 15 is 0 Å². The van der Waals surface area contributed by atoms with E-state index in [2.05, 4.69) is 26.6 Å². The molecule has 1 saturated heterocycles. The first-order chi connectivity index (χ1) is 20.2. The maximum Gasteiger partial charge on any atom is 0.315 e. The molecule has 5 N–H and O–H groups in total. The van der Waals surface area contributed by atoms with Crippen molar-refractivity contribution in [1.29, 1.82) is 0 Å². The van der Waals surface area contributed by atoms with Gasteiger partial charge in [0.1, 0.15) is 6.04 Å². The number of hydrogen-bond donors (Lipinski definition) is 5. The molecule has 2 aliphatic rings. The second kappa shape index (κ2) is 14.3. The van der Waals surface area contributed by atoms with Gasteiger partial charge in [0, 0.05) is 25.6 Å². The third-order valence-corrected chi connectivity index (χ3v) is 7.05. The van der Waals surface area contributed by atoms with Gasteiger partial charge in [-0.1, -0.05) is 50.2 Å². The van der Waals surface area contributed by atoms with E-state index < -0.39 is 41.6 Å². The fourth-order valence-corrected chi connectivity index (χ4v) is 4.83. The summed E-state index contributed by atoms with van der Waals surface area (Å²) in [6, 6.07) is 11.7. The predicted molar refractivity (Wildman–Crippen MR) is 152 cm³/mol. The fourth-order valence-electron chi connectivity index (χ4n) is 4.83. The number of carbonyl (C=O) groups excluding carboxylic acids is 5. The number of Topliss-reactive ketones (excluding diaryl/α,β-unsaturated/α-hetero) is 1. The summed E-state index contributed by atoms with van der Waals surface area (Å²) >= 11 is 0. The number of urea groups is 1. The van der Waals surface area contributed by atoms with Crippen LogP contribution in [0.4, 0.5) is 4.79 Å². The Morgan fingerprint density at radius 3 is 2.36 bits per heavy atom. The molecule has 224 valence electrons. The summed E-state index contributed by atoms with van der Waals surface area (Å²) in [6.45, 7) is 4.68. The summed E-state index contributed by atoms with van der Waals surface area (Å²) in [5, 5.41) is 13.4. The molecule has 0 saturated carbocycles. The van der Waals surface area contributed by atoms with E-state index in [4.69, 9.17) is 9.47 Å². The normalized spacial score (nSPS) is 16.7. The number of hydrogen-bond acceptors (Lipinski definition) is 7. The Hall–Kier alpha value is -4.61. The molecule has 1 fully saturated rings. The molecule has 0 aliphatic carbocycles. The highest BCUT2D eigenvalue weighted by Gasteiger charge is 2.35. The number of ketones is 1. The minimum Gasteiger partial charge on any atom is -0.454 e. The first kappa shape index (κ1) is 30.4. The minimum atomic E-state index is -1.26. The van der Waals surface area contributed by atoms with Gasteiger partial charge in [0.25, 0.3) is 5.91 Å². The number of benzene rings is 2. The van der Waals surface area contributed by atoms with Gasteiger partial charge in [-0.3, -0.25) is 19.2 Å². The van der Waals surface area contributed by atoms with Crippen LogP contribution >= 0.6 is 0 Å². The zero-order valence-corrected chi connectivity index (χ0v) is 23.7. The molecule has 2 aromatic carbocycles. The highest BCUT2D eigenvalue weighted by molar-refractivity contribution is 6.38. The van der Waals surface area contributed by atoms with Gasteiger partial charge in [-0.15, -0.1) is 0 Å². The van der Waals surface area contributed by atoms with E-state index in [1.165, 1.54) is 0 Å². The molecule has 4 rings (SSSR count). The van der Waals surface area contributed by atoms with Crippen LogP contribution in [0.5, 0.6) is 11.5 Å². The van der Waals surface area contributed by atoms with Crippen LogP contribution in [0.25, 0.3) is 0 Å². The molecule has 2 aliphatic heterocycles. The Morgan fingerprint density at radius 2 is 1.64 bits per heavy atom. The molecule has 0 radical (unpaired) electrons. The van der Waals surface area contributed by atoms with Crippen molar-refractivity contribution in [3.63, 3.8) is 0 Å². The highest BCUT2D eigenvalue weighted by Crippen LogP contribution is 2.32. The van der Waals surface area contributed by atoms with Crippen molar-refractivity contribution in [2.24, 2.45) is 11.8 Å². The predicted octanol–water partition coefficient (Wildman–Crippen LogP) is 1.53. The number of carbonyl (C=O) groups is 5. The Kier molecular flexibility index (Phi) is 10.4. The average Bonchev–Trinajstić information content (AvgIpc) is 3.62. The van der Waals surface area contributed by atoms with Gasteiger partial charge < -0.3 is 36.1 Å². The van der Waals surface area contributed by atoms with Crippen LogP contribution in [-0.2, 0) is 32.3 Å². The molecule has 12 nitrogen and oxygen atoms in total. The van der Waals surface area contributed by atoms with E-state index in [0.29, 0.717) is 36.4 Å². The molecule has 12 heteroatoms. The van der Waals surface area contributed by atoms with Crippen LogP contribution in [0.2, 0.25) is 0 Å². The Bertz CT molecular complexity index is 1300. The van der Waals surface area contributed by atoms with E-state index in [-0.39, 0.29) is 38.1 Å². The first-order valence-corrected chi connectivity index (χ1v) is 14.1. The third-order valence-electron chi connectivity index (χ3n) is 7.05.